The molecular weight excluding hydrogens is 343 g/mol. The van der Waals surface area contributed by atoms with Crippen molar-refractivity contribution in [1.82, 2.24) is 5.16 Å². The number of ether oxygens (including phenoxy) is 1. The van der Waals surface area contributed by atoms with Crippen LogP contribution in [0.4, 0.5) is 5.82 Å². The van der Waals surface area contributed by atoms with Crippen LogP contribution >= 0.6 is 23.2 Å². The Morgan fingerprint density at radius 1 is 1.35 bits per heavy atom. The molecule has 0 bridgehead atoms. The molecule has 1 amide bonds. The maximum atomic E-state index is 12.2. The zero-order chi connectivity index (χ0) is 17.0. The minimum Gasteiger partial charge on any atom is -0.449 e. The molecule has 0 fully saturated rings. The molecule has 23 heavy (non-hydrogen) atoms. The van der Waals surface area contributed by atoms with Gasteiger partial charge < -0.3 is 14.6 Å². The van der Waals surface area contributed by atoms with Gasteiger partial charge in [0.25, 0.3) is 5.91 Å². The first-order valence-electron chi connectivity index (χ1n) is 6.81. The van der Waals surface area contributed by atoms with Crippen LogP contribution in [0.2, 0.25) is 10.0 Å². The molecule has 2 aromatic rings. The van der Waals surface area contributed by atoms with E-state index < -0.39 is 18.0 Å². The van der Waals surface area contributed by atoms with Crippen molar-refractivity contribution >= 4 is 40.9 Å². The quantitative estimate of drug-likeness (QED) is 0.822. The fraction of sp³-hybridized carbons (Fsp3) is 0.267. The summed E-state index contributed by atoms with van der Waals surface area (Å²) in [6, 6.07) is 5.98. The van der Waals surface area contributed by atoms with Gasteiger partial charge in [0, 0.05) is 11.1 Å². The molecule has 0 radical (unpaired) electrons. The average Bonchev–Trinajstić information content (AvgIpc) is 2.91. The molecule has 122 valence electrons. The van der Waals surface area contributed by atoms with E-state index in [1.807, 2.05) is 0 Å². The van der Waals surface area contributed by atoms with E-state index in [1.165, 1.54) is 12.1 Å². The largest absolute Gasteiger partial charge is 0.449 e. The minimum atomic E-state index is -0.991. The maximum absolute atomic E-state index is 12.2. The summed E-state index contributed by atoms with van der Waals surface area (Å²) in [4.78, 5) is 24.3. The van der Waals surface area contributed by atoms with E-state index in [9.17, 15) is 9.59 Å². The van der Waals surface area contributed by atoms with Gasteiger partial charge in [-0.15, -0.1) is 0 Å². The molecule has 1 aromatic carbocycles. The second-order valence-electron chi connectivity index (χ2n) is 4.74. The lowest BCUT2D eigenvalue weighted by Gasteiger charge is -2.15. The van der Waals surface area contributed by atoms with Crippen molar-refractivity contribution in [2.45, 2.75) is 26.4 Å². The predicted molar refractivity (Wildman–Crippen MR) is 85.8 cm³/mol. The number of hydrogen-bond acceptors (Lipinski definition) is 5. The van der Waals surface area contributed by atoms with Gasteiger partial charge in [-0.1, -0.05) is 35.3 Å². The third-order valence-corrected chi connectivity index (χ3v) is 3.50. The van der Waals surface area contributed by atoms with Crippen LogP contribution in [0.25, 0.3) is 0 Å². The van der Waals surface area contributed by atoms with Gasteiger partial charge in [-0.2, -0.15) is 0 Å². The fourth-order valence-electron chi connectivity index (χ4n) is 1.80. The summed E-state index contributed by atoms with van der Waals surface area (Å²) in [6.45, 7) is 3.41. The molecule has 1 heterocycles. The first-order chi connectivity index (χ1) is 10.9. The van der Waals surface area contributed by atoms with E-state index in [0.29, 0.717) is 10.8 Å². The summed E-state index contributed by atoms with van der Waals surface area (Å²) in [5.41, 5.74) is 0.0997. The Morgan fingerprint density at radius 3 is 2.70 bits per heavy atom. The highest BCUT2D eigenvalue weighted by Crippen LogP contribution is 2.22. The number of nitrogens with zero attached hydrogens (tertiary/aromatic N) is 1. The van der Waals surface area contributed by atoms with Crippen molar-refractivity contribution < 1.29 is 18.8 Å². The molecule has 1 unspecified atom stereocenters. The lowest BCUT2D eigenvalue weighted by atomic mass is 10.2. The van der Waals surface area contributed by atoms with Crippen LogP contribution < -0.4 is 5.32 Å². The van der Waals surface area contributed by atoms with Crippen molar-refractivity contribution in [1.29, 1.82) is 0 Å². The molecule has 0 aliphatic rings. The van der Waals surface area contributed by atoms with Gasteiger partial charge in [0.2, 0.25) is 0 Å². The highest BCUT2D eigenvalue weighted by molar-refractivity contribution is 6.35. The van der Waals surface area contributed by atoms with Gasteiger partial charge in [-0.05, 0) is 31.5 Å². The number of anilines is 1. The van der Waals surface area contributed by atoms with Crippen LogP contribution in [0, 0.1) is 6.92 Å². The first-order valence-corrected chi connectivity index (χ1v) is 7.56. The van der Waals surface area contributed by atoms with E-state index in [0.717, 1.165) is 0 Å². The third-order valence-electron chi connectivity index (χ3n) is 2.94. The average molecular weight is 357 g/mol. The Hall–Kier alpha value is -2.05. The van der Waals surface area contributed by atoms with Gasteiger partial charge in [-0.3, -0.25) is 4.79 Å². The number of esters is 1. The van der Waals surface area contributed by atoms with Crippen molar-refractivity contribution in [3.63, 3.8) is 0 Å². The summed E-state index contributed by atoms with van der Waals surface area (Å²) >= 11 is 11.8. The summed E-state index contributed by atoms with van der Waals surface area (Å²) in [6.07, 6.45) is -0.707. The highest BCUT2D eigenvalue weighted by Gasteiger charge is 2.24. The number of rotatable bonds is 5. The van der Waals surface area contributed by atoms with Crippen LogP contribution in [-0.4, -0.2) is 23.1 Å². The molecule has 1 atom stereocenters. The normalized spacial score (nSPS) is 11.8. The number of carbonyl (C=O) groups is 2. The van der Waals surface area contributed by atoms with E-state index in [2.05, 4.69) is 10.5 Å². The smallest absolute Gasteiger partial charge is 0.340 e. The topological polar surface area (TPSA) is 81.4 Å². The zero-order valence-electron chi connectivity index (χ0n) is 12.4. The molecule has 0 aliphatic heterocycles. The summed E-state index contributed by atoms with van der Waals surface area (Å²) < 4.78 is 10.1. The summed E-state index contributed by atoms with van der Waals surface area (Å²) in [7, 11) is 0. The number of carbonyl (C=O) groups excluding carboxylic acids is 2. The molecule has 0 spiro atoms. The van der Waals surface area contributed by atoms with E-state index >= 15 is 0 Å². The number of halogens is 2. The van der Waals surface area contributed by atoms with Crippen molar-refractivity contribution in [3.8, 4) is 0 Å². The Balaban J connectivity index is 2.07. The Labute approximate surface area is 142 Å². The fourth-order valence-corrected chi connectivity index (χ4v) is 2.17. The Morgan fingerprint density at radius 2 is 2.09 bits per heavy atom. The molecule has 1 aromatic heterocycles. The zero-order valence-corrected chi connectivity index (χ0v) is 13.9. The van der Waals surface area contributed by atoms with E-state index in [4.69, 9.17) is 32.5 Å². The van der Waals surface area contributed by atoms with Gasteiger partial charge in [0.05, 0.1) is 10.6 Å². The molecule has 2 rings (SSSR count). The molecule has 8 heteroatoms. The lowest BCUT2D eigenvalue weighted by Crippen LogP contribution is -2.32. The van der Waals surface area contributed by atoms with Crippen LogP contribution in [0.15, 0.2) is 28.8 Å². The van der Waals surface area contributed by atoms with Crippen LogP contribution in [-0.2, 0) is 9.53 Å². The first kappa shape index (κ1) is 17.3. The number of nitrogens with one attached hydrogen (secondary N) is 1. The van der Waals surface area contributed by atoms with Crippen molar-refractivity contribution in [2.75, 3.05) is 5.32 Å². The predicted octanol–water partition coefficient (Wildman–Crippen LogP) is 3.86. The second kappa shape index (κ2) is 7.48. The number of aromatic nitrogens is 1. The number of amides is 1. The molecule has 0 saturated carbocycles. The van der Waals surface area contributed by atoms with E-state index in [1.54, 1.807) is 26.0 Å². The SMILES string of the molecule is CCC(OC(=O)c1cc(Cl)ccc1Cl)C(=O)Nc1cc(C)on1. The van der Waals surface area contributed by atoms with Crippen molar-refractivity contribution in [2.24, 2.45) is 0 Å². The molecule has 0 aliphatic carbocycles. The lowest BCUT2D eigenvalue weighted by molar-refractivity contribution is -0.124. The number of benzene rings is 1. The monoisotopic (exact) mass is 356 g/mol. The highest BCUT2D eigenvalue weighted by atomic mass is 35.5. The minimum absolute atomic E-state index is 0.0997. The van der Waals surface area contributed by atoms with Gasteiger partial charge in [0.1, 0.15) is 5.76 Å². The maximum Gasteiger partial charge on any atom is 0.340 e. The summed E-state index contributed by atoms with van der Waals surface area (Å²) in [5.74, 6) is -0.429. The van der Waals surface area contributed by atoms with Gasteiger partial charge in [-0.25, -0.2) is 4.79 Å². The van der Waals surface area contributed by atoms with Crippen molar-refractivity contribution in [3.05, 3.63) is 45.6 Å². The van der Waals surface area contributed by atoms with Crippen LogP contribution in [0.1, 0.15) is 29.5 Å². The van der Waals surface area contributed by atoms with Gasteiger partial charge in [0.15, 0.2) is 11.9 Å². The molecule has 0 saturated heterocycles. The third kappa shape index (κ3) is 4.46. The number of hydrogen-bond donors (Lipinski definition) is 1. The standard InChI is InChI=1S/C15H14Cl2N2O4/c1-3-12(14(20)18-13-6-8(2)23-19-13)22-15(21)10-7-9(16)4-5-11(10)17/h4-7,12H,3H2,1-2H3,(H,18,19,20). The van der Waals surface area contributed by atoms with E-state index in [-0.39, 0.29) is 22.8 Å². The Kier molecular flexibility index (Phi) is 5.63. The summed E-state index contributed by atoms with van der Waals surface area (Å²) in [5, 5.41) is 6.71. The van der Waals surface area contributed by atoms with Crippen LogP contribution in [0.3, 0.4) is 0 Å². The second-order valence-corrected chi connectivity index (χ2v) is 5.58. The van der Waals surface area contributed by atoms with Gasteiger partial charge >= 0.3 is 5.97 Å². The molecule has 1 N–H and O–H groups in total. The Bertz CT molecular complexity index is 730. The number of aryl methyl sites for hydroxylation is 1. The molecular formula is C15H14Cl2N2O4. The van der Waals surface area contributed by atoms with Crippen LogP contribution in [0.5, 0.6) is 0 Å². The molecule has 6 nitrogen and oxygen atoms in total.